The Morgan fingerprint density at radius 3 is 2.08 bits per heavy atom. The first-order valence-corrected chi connectivity index (χ1v) is 8.09. The maximum atomic E-state index is 12.5. The Balaban J connectivity index is 2.09. The van der Waals surface area contributed by atoms with Gasteiger partial charge in [-0.25, -0.2) is 0 Å². The molecule has 2 rings (SSSR count). The van der Waals surface area contributed by atoms with Crippen LogP contribution in [0.3, 0.4) is 0 Å². The zero-order valence-electron chi connectivity index (χ0n) is 14.3. The lowest BCUT2D eigenvalue weighted by Crippen LogP contribution is -2.40. The molecule has 0 aliphatic rings. The summed E-state index contributed by atoms with van der Waals surface area (Å²) in [6, 6.07) is 17.1. The van der Waals surface area contributed by atoms with Crippen molar-refractivity contribution in [2.75, 3.05) is 0 Å². The molecule has 0 saturated heterocycles. The zero-order valence-corrected chi connectivity index (χ0v) is 14.3. The van der Waals surface area contributed by atoms with Crippen molar-refractivity contribution in [2.24, 2.45) is 0 Å². The maximum Gasteiger partial charge on any atom is 0.457 e. The van der Waals surface area contributed by atoms with Gasteiger partial charge in [0.1, 0.15) is 6.04 Å². The Bertz CT molecular complexity index is 723. The Hall–Kier alpha value is -2.33. The van der Waals surface area contributed by atoms with E-state index >= 15 is 0 Å². The van der Waals surface area contributed by atoms with Gasteiger partial charge in [0.05, 0.1) is 19.3 Å². The van der Waals surface area contributed by atoms with Crippen LogP contribution < -0.4 is 0 Å². The average Bonchev–Trinajstić information content (AvgIpc) is 2.61. The van der Waals surface area contributed by atoms with Gasteiger partial charge in [-0.05, 0) is 18.1 Å². The summed E-state index contributed by atoms with van der Waals surface area (Å²) >= 11 is 0. The summed E-state index contributed by atoms with van der Waals surface area (Å²) in [4.78, 5) is 0. The third-order valence-corrected chi connectivity index (χ3v) is 3.67. The van der Waals surface area contributed by atoms with Gasteiger partial charge in [-0.15, -0.1) is 0 Å². The summed E-state index contributed by atoms with van der Waals surface area (Å²) in [5.74, 6) is 3.33. The third-order valence-electron chi connectivity index (χ3n) is 3.67. The molecular weight excluding hydrogens is 343 g/mol. The molecule has 0 aliphatic carbocycles. The highest BCUT2D eigenvalue weighted by Gasteiger charge is 2.27. The molecule has 0 fully saturated rings. The fourth-order valence-electron chi connectivity index (χ4n) is 2.35. The predicted octanol–water partition coefficient (Wildman–Crippen LogP) is 4.42. The van der Waals surface area contributed by atoms with Gasteiger partial charge in [0.15, 0.2) is 0 Å². The van der Waals surface area contributed by atoms with Gasteiger partial charge in [0.2, 0.25) is 0 Å². The van der Waals surface area contributed by atoms with Crippen molar-refractivity contribution in [1.29, 1.82) is 0 Å². The molecule has 0 aliphatic heterocycles. The van der Waals surface area contributed by atoms with Gasteiger partial charge in [0, 0.05) is 5.92 Å². The molecule has 0 amide bonds. The number of hydrogen-bond acceptors (Lipinski definition) is 3. The summed E-state index contributed by atoms with van der Waals surface area (Å²) in [7, 11) is 0. The molecule has 0 saturated carbocycles. The van der Waals surface area contributed by atoms with Crippen molar-refractivity contribution in [3.8, 4) is 11.8 Å². The van der Waals surface area contributed by atoms with Gasteiger partial charge >= 0.3 is 6.18 Å². The number of hydrogen-bond donors (Lipinski definition) is 1. The second-order valence-electron chi connectivity index (χ2n) is 5.80. The molecule has 0 bridgehead atoms. The van der Waals surface area contributed by atoms with Crippen LogP contribution in [-0.4, -0.2) is 28.6 Å². The smallest absolute Gasteiger partial charge is 0.371 e. The lowest BCUT2D eigenvalue weighted by atomic mass is 10.1. The van der Waals surface area contributed by atoms with Crippen LogP contribution in [0.15, 0.2) is 60.7 Å². The number of benzene rings is 2. The summed E-state index contributed by atoms with van der Waals surface area (Å²) < 4.78 is 43.2. The van der Waals surface area contributed by atoms with E-state index < -0.39 is 18.3 Å². The van der Waals surface area contributed by atoms with Crippen LogP contribution in [0.5, 0.6) is 0 Å². The lowest BCUT2D eigenvalue weighted by Gasteiger charge is -2.27. The van der Waals surface area contributed by atoms with Crippen LogP contribution in [0.2, 0.25) is 0 Å². The molecule has 0 spiro atoms. The van der Waals surface area contributed by atoms with E-state index in [9.17, 15) is 18.4 Å². The minimum absolute atomic E-state index is 0.0388. The molecule has 0 heterocycles. The topological polar surface area (TPSA) is 32.7 Å². The number of hydroxylamine groups is 2. The molecule has 26 heavy (non-hydrogen) atoms. The number of ether oxygens (including phenoxy) is 1. The van der Waals surface area contributed by atoms with E-state index in [4.69, 9.17) is 4.74 Å². The molecule has 2 aromatic carbocycles. The lowest BCUT2D eigenvalue weighted by molar-refractivity contribution is -0.153. The molecule has 0 radical (unpaired) electrons. The Morgan fingerprint density at radius 1 is 1.00 bits per heavy atom. The predicted molar refractivity (Wildman–Crippen MR) is 92.1 cm³/mol. The molecule has 1 N–H and O–H groups in total. The highest BCUT2D eigenvalue weighted by molar-refractivity contribution is 5.18. The van der Waals surface area contributed by atoms with Crippen molar-refractivity contribution < 1.29 is 23.1 Å². The summed E-state index contributed by atoms with van der Waals surface area (Å²) in [5, 5.41) is 11.1. The number of rotatable bonds is 7. The molecular formula is C20H20F3NO2. The van der Waals surface area contributed by atoms with Gasteiger partial charge in [-0.2, -0.15) is 18.2 Å². The molecule has 2 atom stereocenters. The van der Waals surface area contributed by atoms with Crippen molar-refractivity contribution >= 4 is 0 Å². The summed E-state index contributed by atoms with van der Waals surface area (Å²) in [6.07, 6.45) is -5.37. The Kier molecular flexibility index (Phi) is 7.22. The molecule has 6 heteroatoms. The normalized spacial score (nSPS) is 13.8. The highest BCUT2D eigenvalue weighted by Crippen LogP contribution is 2.16. The van der Waals surface area contributed by atoms with Crippen LogP contribution >= 0.6 is 0 Å². The number of nitrogens with zero attached hydrogens (tertiary/aromatic N) is 1. The van der Waals surface area contributed by atoms with E-state index in [-0.39, 0.29) is 13.2 Å². The van der Waals surface area contributed by atoms with Crippen LogP contribution in [0, 0.1) is 11.8 Å². The second-order valence-corrected chi connectivity index (χ2v) is 5.80. The van der Waals surface area contributed by atoms with Crippen molar-refractivity contribution in [3.63, 3.8) is 0 Å². The number of halogens is 3. The van der Waals surface area contributed by atoms with E-state index in [2.05, 4.69) is 5.92 Å². The summed E-state index contributed by atoms with van der Waals surface area (Å²) in [6.45, 7) is 1.84. The fraction of sp³-hybridized carbons (Fsp3) is 0.300. The minimum Gasteiger partial charge on any atom is -0.371 e. The van der Waals surface area contributed by atoms with E-state index in [0.717, 1.165) is 16.2 Å². The van der Waals surface area contributed by atoms with Crippen LogP contribution in [0.25, 0.3) is 0 Å². The van der Waals surface area contributed by atoms with Crippen molar-refractivity contribution in [2.45, 2.75) is 38.4 Å². The Labute approximate surface area is 151 Å². The SMILES string of the molecule is C[C@H](OCc1ccccc1)[C@H](C#CC(F)(F)F)N(O)Cc1ccccc1. The molecule has 138 valence electrons. The van der Waals surface area contributed by atoms with Gasteiger partial charge in [-0.3, -0.25) is 0 Å². The second kappa shape index (κ2) is 9.39. The third kappa shape index (κ3) is 6.89. The monoisotopic (exact) mass is 363 g/mol. The average molecular weight is 363 g/mol. The first-order valence-electron chi connectivity index (χ1n) is 8.09. The highest BCUT2D eigenvalue weighted by atomic mass is 19.4. The first-order chi connectivity index (χ1) is 12.3. The summed E-state index contributed by atoms with van der Waals surface area (Å²) in [5.41, 5.74) is 1.64. The standard InChI is InChI=1S/C20H20F3NO2/c1-16(26-15-18-10-6-3-7-11-18)19(12-13-20(21,22)23)24(25)14-17-8-4-2-5-9-17/h2-11,16,19,25H,14-15H2,1H3/t16-,19-/m0/s1. The van der Waals surface area contributed by atoms with Crippen LogP contribution in [0.1, 0.15) is 18.1 Å². The minimum atomic E-state index is -4.63. The van der Waals surface area contributed by atoms with E-state index in [0.29, 0.717) is 0 Å². The van der Waals surface area contributed by atoms with Crippen molar-refractivity contribution in [1.82, 2.24) is 5.06 Å². The number of alkyl halides is 3. The van der Waals surface area contributed by atoms with Crippen LogP contribution in [0.4, 0.5) is 13.2 Å². The zero-order chi connectivity index (χ0) is 19.0. The molecule has 0 unspecified atom stereocenters. The van der Waals surface area contributed by atoms with E-state index in [1.807, 2.05) is 36.4 Å². The quantitative estimate of drug-likeness (QED) is 0.584. The first kappa shape index (κ1) is 20.0. The molecule has 3 nitrogen and oxygen atoms in total. The van der Waals surface area contributed by atoms with Gasteiger partial charge in [-0.1, -0.05) is 66.6 Å². The molecule has 2 aromatic rings. The van der Waals surface area contributed by atoms with Crippen LogP contribution in [-0.2, 0) is 17.9 Å². The van der Waals surface area contributed by atoms with Gasteiger partial charge < -0.3 is 9.94 Å². The van der Waals surface area contributed by atoms with Gasteiger partial charge in [0.25, 0.3) is 0 Å². The van der Waals surface area contributed by atoms with E-state index in [1.165, 1.54) is 5.92 Å². The maximum absolute atomic E-state index is 12.5. The fourth-order valence-corrected chi connectivity index (χ4v) is 2.35. The largest absolute Gasteiger partial charge is 0.457 e. The Morgan fingerprint density at radius 2 is 1.54 bits per heavy atom. The van der Waals surface area contributed by atoms with Crippen molar-refractivity contribution in [3.05, 3.63) is 71.8 Å². The van der Waals surface area contributed by atoms with E-state index in [1.54, 1.807) is 31.2 Å². The molecule has 0 aromatic heterocycles.